The van der Waals surface area contributed by atoms with Gasteiger partial charge in [0.25, 0.3) is 0 Å². The topological polar surface area (TPSA) is 74.8 Å². The SMILES string of the molecule is O=C(CSc1nc(-c2cccs2)c(-c2cccs2)[nH]1)NC1CCS(=O)C1. The van der Waals surface area contributed by atoms with Gasteiger partial charge < -0.3 is 10.3 Å². The van der Waals surface area contributed by atoms with E-state index in [9.17, 15) is 9.00 Å². The third-order valence-electron chi connectivity index (χ3n) is 3.99. The summed E-state index contributed by atoms with van der Waals surface area (Å²) in [5, 5.41) is 7.78. The number of amides is 1. The molecule has 5 nitrogen and oxygen atoms in total. The van der Waals surface area contributed by atoms with E-state index in [1.165, 1.54) is 11.8 Å². The number of hydrogen-bond donors (Lipinski definition) is 2. The molecule has 2 unspecified atom stereocenters. The van der Waals surface area contributed by atoms with Crippen LogP contribution in [0.2, 0.25) is 0 Å². The average Bonchev–Trinajstić information content (AvgIpc) is 3.39. The summed E-state index contributed by atoms with van der Waals surface area (Å²) in [6.07, 6.45) is 0.800. The van der Waals surface area contributed by atoms with Gasteiger partial charge in [-0.1, -0.05) is 23.9 Å². The monoisotopic (exact) mass is 423 g/mol. The van der Waals surface area contributed by atoms with Gasteiger partial charge in [0.1, 0.15) is 5.69 Å². The molecule has 0 radical (unpaired) electrons. The Morgan fingerprint density at radius 2 is 2.08 bits per heavy atom. The first-order chi connectivity index (χ1) is 12.7. The smallest absolute Gasteiger partial charge is 0.230 e. The average molecular weight is 424 g/mol. The van der Waals surface area contributed by atoms with E-state index in [1.54, 1.807) is 22.7 Å². The number of imidazole rings is 1. The number of carbonyl (C=O) groups is 1. The minimum Gasteiger partial charge on any atom is -0.352 e. The first-order valence-electron chi connectivity index (χ1n) is 8.14. The summed E-state index contributed by atoms with van der Waals surface area (Å²) in [5.74, 6) is 1.52. The van der Waals surface area contributed by atoms with Gasteiger partial charge in [-0.15, -0.1) is 22.7 Å². The fraction of sp³-hybridized carbons (Fsp3) is 0.294. The highest BCUT2D eigenvalue weighted by Gasteiger charge is 2.23. The molecule has 2 atom stereocenters. The van der Waals surface area contributed by atoms with E-state index >= 15 is 0 Å². The van der Waals surface area contributed by atoms with Crippen LogP contribution in [0.15, 0.2) is 40.2 Å². The zero-order chi connectivity index (χ0) is 17.9. The van der Waals surface area contributed by atoms with E-state index in [0.29, 0.717) is 17.3 Å². The van der Waals surface area contributed by atoms with Crippen molar-refractivity contribution >= 4 is 51.1 Å². The van der Waals surface area contributed by atoms with Crippen LogP contribution in [-0.2, 0) is 15.6 Å². The molecule has 9 heteroatoms. The molecule has 3 aromatic rings. The third kappa shape index (κ3) is 4.11. The number of nitrogens with zero attached hydrogens (tertiary/aromatic N) is 1. The molecular weight excluding hydrogens is 406 g/mol. The molecule has 4 heterocycles. The normalized spacial score (nSPS) is 19.7. The molecule has 0 aromatic carbocycles. The maximum absolute atomic E-state index is 12.2. The Kier molecular flexibility index (Phi) is 5.58. The molecule has 1 aliphatic heterocycles. The molecule has 0 saturated carbocycles. The van der Waals surface area contributed by atoms with Gasteiger partial charge in [0, 0.05) is 28.3 Å². The fourth-order valence-corrected chi connectivity index (χ4v) is 6.33. The summed E-state index contributed by atoms with van der Waals surface area (Å²) >= 11 is 4.71. The largest absolute Gasteiger partial charge is 0.352 e. The molecule has 136 valence electrons. The standard InChI is InChI=1S/C17H17N3O2S4/c21-14(18-11-5-8-26(22)10-11)9-25-17-19-15(12-3-1-6-23-12)16(20-17)13-4-2-7-24-13/h1-4,6-7,11H,5,8-10H2,(H,18,21)(H,19,20). The Labute approximate surface area is 166 Å². The Bertz CT molecular complexity index is 851. The van der Waals surface area contributed by atoms with Gasteiger partial charge in [-0.05, 0) is 29.3 Å². The number of nitrogens with one attached hydrogen (secondary N) is 2. The molecular formula is C17H17N3O2S4. The lowest BCUT2D eigenvalue weighted by atomic mass is 10.2. The van der Waals surface area contributed by atoms with Crippen LogP contribution >= 0.6 is 34.4 Å². The van der Waals surface area contributed by atoms with Gasteiger partial charge in [-0.2, -0.15) is 0 Å². The zero-order valence-electron chi connectivity index (χ0n) is 13.8. The van der Waals surface area contributed by atoms with Crippen molar-refractivity contribution in [3.8, 4) is 21.1 Å². The lowest BCUT2D eigenvalue weighted by Crippen LogP contribution is -2.36. The van der Waals surface area contributed by atoms with Crippen LogP contribution in [0.4, 0.5) is 0 Å². The van der Waals surface area contributed by atoms with Crippen LogP contribution in [-0.4, -0.2) is 43.4 Å². The number of thioether (sulfide) groups is 1. The van der Waals surface area contributed by atoms with Gasteiger partial charge in [-0.25, -0.2) is 4.98 Å². The van der Waals surface area contributed by atoms with E-state index in [1.807, 2.05) is 22.9 Å². The van der Waals surface area contributed by atoms with Crippen molar-refractivity contribution in [1.29, 1.82) is 0 Å². The lowest BCUT2D eigenvalue weighted by Gasteiger charge is -2.09. The molecule has 26 heavy (non-hydrogen) atoms. The molecule has 1 aliphatic rings. The second-order valence-corrected chi connectivity index (χ2v) is 10.4. The number of aromatic amines is 1. The van der Waals surface area contributed by atoms with Crippen LogP contribution in [0, 0.1) is 0 Å². The molecule has 0 aliphatic carbocycles. The van der Waals surface area contributed by atoms with Gasteiger partial charge in [0.15, 0.2) is 5.16 Å². The molecule has 0 spiro atoms. The first kappa shape index (κ1) is 18.0. The van der Waals surface area contributed by atoms with Gasteiger partial charge >= 0.3 is 0 Å². The first-order valence-corrected chi connectivity index (χ1v) is 12.4. The quantitative estimate of drug-likeness (QED) is 0.594. The minimum absolute atomic E-state index is 0.0364. The second-order valence-electron chi connectivity index (χ2n) is 5.87. The van der Waals surface area contributed by atoms with Crippen LogP contribution in [0.25, 0.3) is 21.1 Å². The van der Waals surface area contributed by atoms with Crippen LogP contribution in [0.1, 0.15) is 6.42 Å². The zero-order valence-corrected chi connectivity index (χ0v) is 17.0. The van der Waals surface area contributed by atoms with Crippen molar-refractivity contribution < 1.29 is 9.00 Å². The van der Waals surface area contributed by atoms with E-state index in [4.69, 9.17) is 4.98 Å². The van der Waals surface area contributed by atoms with Crippen LogP contribution in [0.3, 0.4) is 0 Å². The molecule has 1 amide bonds. The van der Waals surface area contributed by atoms with Gasteiger partial charge in [-0.3, -0.25) is 9.00 Å². The number of thiophene rings is 2. The Balaban J connectivity index is 1.46. The number of carbonyl (C=O) groups excluding carboxylic acids is 1. The van der Waals surface area contributed by atoms with Crippen molar-refractivity contribution in [2.24, 2.45) is 0 Å². The van der Waals surface area contributed by atoms with Crippen molar-refractivity contribution in [3.63, 3.8) is 0 Å². The van der Waals surface area contributed by atoms with E-state index in [0.717, 1.165) is 32.7 Å². The number of rotatable bonds is 6. The van der Waals surface area contributed by atoms with Gasteiger partial charge in [0.2, 0.25) is 5.91 Å². The van der Waals surface area contributed by atoms with E-state index in [2.05, 4.69) is 22.4 Å². The predicted octanol–water partition coefficient (Wildman–Crippen LogP) is 3.60. The van der Waals surface area contributed by atoms with Gasteiger partial charge in [0.05, 0.1) is 21.2 Å². The van der Waals surface area contributed by atoms with E-state index in [-0.39, 0.29) is 11.9 Å². The number of aromatic nitrogens is 2. The maximum Gasteiger partial charge on any atom is 0.230 e. The number of H-pyrrole nitrogens is 1. The number of hydrogen-bond acceptors (Lipinski definition) is 6. The highest BCUT2D eigenvalue weighted by Crippen LogP contribution is 2.36. The Hall–Kier alpha value is -1.42. The summed E-state index contributed by atoms with van der Waals surface area (Å²) in [7, 11) is -0.781. The summed E-state index contributed by atoms with van der Waals surface area (Å²) < 4.78 is 11.4. The Morgan fingerprint density at radius 3 is 2.73 bits per heavy atom. The summed E-state index contributed by atoms with van der Waals surface area (Å²) in [6, 6.07) is 8.20. The molecule has 0 bridgehead atoms. The van der Waals surface area contributed by atoms with Crippen molar-refractivity contribution in [2.75, 3.05) is 17.3 Å². The van der Waals surface area contributed by atoms with Crippen molar-refractivity contribution in [2.45, 2.75) is 17.6 Å². The highest BCUT2D eigenvalue weighted by molar-refractivity contribution is 7.99. The van der Waals surface area contributed by atoms with Crippen molar-refractivity contribution in [1.82, 2.24) is 15.3 Å². The summed E-state index contributed by atoms with van der Waals surface area (Å²) in [5.41, 5.74) is 1.92. The fourth-order valence-electron chi connectivity index (χ4n) is 2.79. The Morgan fingerprint density at radius 1 is 1.31 bits per heavy atom. The lowest BCUT2D eigenvalue weighted by molar-refractivity contribution is -0.119. The second kappa shape index (κ2) is 8.08. The third-order valence-corrected chi connectivity index (χ3v) is 8.09. The molecule has 3 aromatic heterocycles. The predicted molar refractivity (Wildman–Crippen MR) is 110 cm³/mol. The van der Waals surface area contributed by atoms with E-state index < -0.39 is 10.8 Å². The van der Waals surface area contributed by atoms with Crippen LogP contribution < -0.4 is 5.32 Å². The molecule has 1 saturated heterocycles. The molecule has 2 N–H and O–H groups in total. The van der Waals surface area contributed by atoms with Crippen LogP contribution in [0.5, 0.6) is 0 Å². The maximum atomic E-state index is 12.2. The highest BCUT2D eigenvalue weighted by atomic mass is 32.2. The summed E-state index contributed by atoms with van der Waals surface area (Å²) in [4.78, 5) is 22.5. The van der Waals surface area contributed by atoms with Crippen molar-refractivity contribution in [3.05, 3.63) is 35.0 Å². The summed E-state index contributed by atoms with van der Waals surface area (Å²) in [6.45, 7) is 0. The molecule has 4 rings (SSSR count). The minimum atomic E-state index is -0.781. The molecule has 1 fully saturated rings.